The van der Waals surface area contributed by atoms with Gasteiger partial charge in [-0.25, -0.2) is 9.55 Å². The van der Waals surface area contributed by atoms with E-state index in [0.717, 1.165) is 15.5 Å². The molecule has 0 unspecified atom stereocenters. The van der Waals surface area contributed by atoms with Crippen LogP contribution in [0.15, 0.2) is 41.5 Å². The molecule has 0 spiro atoms. The smallest absolute Gasteiger partial charge is 0.463 e. The zero-order valence-electron chi connectivity index (χ0n) is 18.8. The minimum absolute atomic E-state index is 0.0733. The topological polar surface area (TPSA) is 221 Å². The van der Waals surface area contributed by atoms with Crippen LogP contribution in [0.3, 0.4) is 0 Å². The molecule has 15 nitrogen and oxygen atoms in total. The number of phosphoric ester groups is 1. The van der Waals surface area contributed by atoms with Crippen molar-refractivity contribution in [3.63, 3.8) is 0 Å². The molecule has 0 bridgehead atoms. The van der Waals surface area contributed by atoms with Gasteiger partial charge in [-0.15, -0.1) is 0 Å². The van der Waals surface area contributed by atoms with Crippen LogP contribution in [0.25, 0.3) is 11.2 Å². The van der Waals surface area contributed by atoms with Gasteiger partial charge in [-0.2, -0.15) is 4.98 Å². The zero-order valence-corrected chi connectivity index (χ0v) is 19.7. The molecule has 0 aliphatic carbocycles. The van der Waals surface area contributed by atoms with Crippen LogP contribution >= 0.6 is 7.82 Å². The first-order valence-corrected chi connectivity index (χ1v) is 12.1. The van der Waals surface area contributed by atoms with Crippen molar-refractivity contribution in [3.8, 4) is 0 Å². The number of nitrogens with two attached hydrogens (primary N) is 1. The van der Waals surface area contributed by atoms with Crippen molar-refractivity contribution in [2.24, 2.45) is 7.05 Å². The lowest BCUT2D eigenvalue weighted by molar-refractivity contribution is -0.248. The summed E-state index contributed by atoms with van der Waals surface area (Å²) in [6, 6.07) is 8.71. The van der Waals surface area contributed by atoms with E-state index in [4.69, 9.17) is 15.2 Å². The van der Waals surface area contributed by atoms with Gasteiger partial charge in [0.15, 0.2) is 17.4 Å². The van der Waals surface area contributed by atoms with Crippen molar-refractivity contribution < 1.29 is 43.4 Å². The number of phosphoric acid groups is 1. The molecule has 1 aromatic carbocycles. The average molecular weight is 525 g/mol. The van der Waals surface area contributed by atoms with Gasteiger partial charge in [0.1, 0.15) is 37.4 Å². The van der Waals surface area contributed by atoms with Crippen LogP contribution in [0.5, 0.6) is 0 Å². The summed E-state index contributed by atoms with van der Waals surface area (Å²) in [5, 5.41) is 21.5. The molecule has 5 atom stereocenters. The Balaban J connectivity index is 1.63. The van der Waals surface area contributed by atoms with Crippen LogP contribution in [-0.2, 0) is 36.8 Å². The molecule has 1 aliphatic rings. The molecule has 6 N–H and O–H groups in total. The Kier molecular flexibility index (Phi) is 7.24. The number of aliphatic hydroxyl groups excluding tert-OH is 2. The molecule has 36 heavy (non-hydrogen) atoms. The first-order valence-electron chi connectivity index (χ1n) is 10.6. The van der Waals surface area contributed by atoms with Crippen molar-refractivity contribution in [2.45, 2.75) is 37.1 Å². The molecule has 1 saturated heterocycles. The highest BCUT2D eigenvalue weighted by atomic mass is 31.2. The fourth-order valence-corrected chi connectivity index (χ4v) is 4.40. The number of hydrogen-bond donors (Lipinski definition) is 5. The van der Waals surface area contributed by atoms with Gasteiger partial charge in [0.05, 0.1) is 6.42 Å². The average Bonchev–Trinajstić information content (AvgIpc) is 3.23. The van der Waals surface area contributed by atoms with Crippen LogP contribution in [0.4, 0.5) is 5.95 Å². The standard InChI is InChI=1S/C20H24N5O10P/c1-24-18(29)13-17(23-20(24)21)22-9-25(13)19-15(28)16(35-36(30,31)32)14(27)11(34-19)8-33-12(26)7-10-5-3-2-4-6-10/h2-6,9,11,14-16,19,27-28H,7-8H2,1H3,(H2,21,23)(H2,30,31,32)/t11-,14-,15-,16+,19-/m1/s1. The van der Waals surface area contributed by atoms with Crippen molar-refractivity contribution in [1.82, 2.24) is 19.1 Å². The number of aliphatic hydroxyl groups is 2. The summed E-state index contributed by atoms with van der Waals surface area (Å²) in [7, 11) is -3.84. The Hall–Kier alpha value is -3.17. The number of anilines is 1. The maximum absolute atomic E-state index is 12.8. The van der Waals surface area contributed by atoms with Gasteiger partial charge < -0.3 is 35.2 Å². The van der Waals surface area contributed by atoms with E-state index in [9.17, 15) is 34.2 Å². The number of nitrogen functional groups attached to an aromatic ring is 1. The number of carbonyl (C=O) groups excluding carboxylic acids is 1. The number of hydrogen-bond acceptors (Lipinski definition) is 11. The minimum atomic E-state index is -5.20. The molecule has 0 amide bonds. The second-order valence-corrected chi connectivity index (χ2v) is 9.30. The first kappa shape index (κ1) is 25.9. The summed E-state index contributed by atoms with van der Waals surface area (Å²) in [5.41, 5.74) is 5.51. The van der Waals surface area contributed by atoms with E-state index >= 15 is 0 Å². The lowest BCUT2D eigenvalue weighted by Gasteiger charge is -2.42. The number of aromatic nitrogens is 4. The van der Waals surface area contributed by atoms with Gasteiger partial charge in [0.25, 0.3) is 5.56 Å². The Morgan fingerprint density at radius 2 is 1.92 bits per heavy atom. The highest BCUT2D eigenvalue weighted by Gasteiger charge is 2.49. The fraction of sp³-hybridized carbons (Fsp3) is 0.400. The predicted molar refractivity (Wildman–Crippen MR) is 121 cm³/mol. The molecule has 1 fully saturated rings. The highest BCUT2D eigenvalue weighted by Crippen LogP contribution is 2.43. The number of rotatable bonds is 7. The van der Waals surface area contributed by atoms with Gasteiger partial charge in [-0.3, -0.25) is 23.2 Å². The van der Waals surface area contributed by atoms with E-state index in [1.165, 1.54) is 7.05 Å². The van der Waals surface area contributed by atoms with E-state index in [2.05, 4.69) is 14.5 Å². The molecular weight excluding hydrogens is 501 g/mol. The molecule has 0 saturated carbocycles. The van der Waals surface area contributed by atoms with Crippen molar-refractivity contribution in [1.29, 1.82) is 0 Å². The predicted octanol–water partition coefficient (Wildman–Crippen LogP) is -1.40. The molecule has 16 heteroatoms. The second kappa shape index (κ2) is 10.1. The molecule has 3 heterocycles. The zero-order chi connectivity index (χ0) is 26.2. The summed E-state index contributed by atoms with van der Waals surface area (Å²) >= 11 is 0. The summed E-state index contributed by atoms with van der Waals surface area (Å²) in [6.45, 7) is -0.549. The molecule has 3 aromatic rings. The lowest BCUT2D eigenvalue weighted by atomic mass is 9.98. The van der Waals surface area contributed by atoms with Crippen LogP contribution in [0.1, 0.15) is 11.8 Å². The molecule has 194 valence electrons. The lowest BCUT2D eigenvalue weighted by Crippen LogP contribution is -2.57. The molecule has 2 aromatic heterocycles. The maximum atomic E-state index is 12.8. The normalized spacial score (nSPS) is 24.6. The van der Waals surface area contributed by atoms with E-state index in [-0.39, 0.29) is 23.5 Å². The van der Waals surface area contributed by atoms with Crippen LogP contribution < -0.4 is 11.3 Å². The van der Waals surface area contributed by atoms with Gasteiger partial charge in [-0.05, 0) is 5.56 Å². The number of fused-ring (bicyclic) bond motifs is 1. The van der Waals surface area contributed by atoms with Crippen molar-refractivity contribution in [3.05, 3.63) is 52.6 Å². The van der Waals surface area contributed by atoms with Crippen LogP contribution in [0.2, 0.25) is 0 Å². The first-order chi connectivity index (χ1) is 17.0. The van der Waals surface area contributed by atoms with E-state index in [1.54, 1.807) is 30.3 Å². The van der Waals surface area contributed by atoms with Gasteiger partial charge in [0.2, 0.25) is 5.95 Å². The maximum Gasteiger partial charge on any atom is 0.470 e. The van der Waals surface area contributed by atoms with Crippen LogP contribution in [-0.4, -0.2) is 76.1 Å². The summed E-state index contributed by atoms with van der Waals surface area (Å²) in [6.07, 6.45) is -7.50. The molecule has 0 radical (unpaired) electrons. The quantitative estimate of drug-likeness (QED) is 0.177. The Labute approximate surface area is 202 Å². The van der Waals surface area contributed by atoms with Gasteiger partial charge in [0, 0.05) is 7.05 Å². The number of benzene rings is 1. The third-order valence-corrected chi connectivity index (χ3v) is 6.16. The molecular formula is C20H24N5O10P. The van der Waals surface area contributed by atoms with E-state index < -0.39 is 56.6 Å². The Morgan fingerprint density at radius 3 is 2.58 bits per heavy atom. The SMILES string of the molecule is Cn1c(N)nc2ncn([C@@H]3O[C@H](COC(=O)Cc4ccccc4)[C@@H](O)[C@H](OP(=O)(O)O)[C@H]3O)c2c1=O. The number of esters is 1. The third-order valence-electron chi connectivity index (χ3n) is 5.64. The van der Waals surface area contributed by atoms with Gasteiger partial charge >= 0.3 is 13.8 Å². The highest BCUT2D eigenvalue weighted by molar-refractivity contribution is 7.46. The largest absolute Gasteiger partial charge is 0.470 e. The molecule has 1 aliphatic heterocycles. The van der Waals surface area contributed by atoms with E-state index in [1.807, 2.05) is 0 Å². The van der Waals surface area contributed by atoms with Crippen molar-refractivity contribution in [2.75, 3.05) is 12.3 Å². The van der Waals surface area contributed by atoms with Crippen molar-refractivity contribution >= 4 is 30.9 Å². The van der Waals surface area contributed by atoms with Crippen LogP contribution in [0, 0.1) is 0 Å². The number of imidazole rings is 1. The third kappa shape index (κ3) is 5.32. The number of carbonyl (C=O) groups is 1. The Morgan fingerprint density at radius 1 is 1.22 bits per heavy atom. The second-order valence-electron chi connectivity index (χ2n) is 8.11. The number of ether oxygens (including phenoxy) is 2. The summed E-state index contributed by atoms with van der Waals surface area (Å²) in [5.74, 6) is -0.780. The monoisotopic (exact) mass is 525 g/mol. The summed E-state index contributed by atoms with van der Waals surface area (Å²) < 4.78 is 29.2. The van der Waals surface area contributed by atoms with Gasteiger partial charge in [-0.1, -0.05) is 30.3 Å². The van der Waals surface area contributed by atoms with E-state index in [0.29, 0.717) is 5.56 Å². The minimum Gasteiger partial charge on any atom is -0.463 e. The molecule has 4 rings (SSSR count). The summed E-state index contributed by atoms with van der Waals surface area (Å²) in [4.78, 5) is 51.7. The Bertz CT molecular complexity index is 1360. The number of nitrogens with zero attached hydrogens (tertiary/aromatic N) is 4. The fourth-order valence-electron chi connectivity index (χ4n) is 3.83.